The van der Waals surface area contributed by atoms with Gasteiger partial charge in [-0.05, 0) is 49.4 Å². The molecule has 5 nitrogen and oxygen atoms in total. The van der Waals surface area contributed by atoms with Crippen LogP contribution in [0.3, 0.4) is 0 Å². The molecule has 0 saturated heterocycles. The number of carbonyl (C=O) groups is 2. The molecule has 0 heterocycles. The molecule has 2 aromatic carbocycles. The van der Waals surface area contributed by atoms with Crippen LogP contribution in [0, 0.1) is 5.82 Å². The fourth-order valence-corrected chi connectivity index (χ4v) is 2.29. The van der Waals surface area contributed by atoms with Crippen LogP contribution in [0.1, 0.15) is 29.3 Å². The number of ether oxygens (including phenoxy) is 1. The van der Waals surface area contributed by atoms with E-state index in [2.05, 4.69) is 10.6 Å². The molecular formula is C19H18F4N2O3. The second-order valence-electron chi connectivity index (χ2n) is 5.71. The van der Waals surface area contributed by atoms with Gasteiger partial charge in [0.2, 0.25) is 5.91 Å². The largest absolute Gasteiger partial charge is 0.418 e. The van der Waals surface area contributed by atoms with Gasteiger partial charge in [-0.1, -0.05) is 0 Å². The summed E-state index contributed by atoms with van der Waals surface area (Å²) in [6.45, 7) is 2.22. The van der Waals surface area contributed by atoms with Gasteiger partial charge >= 0.3 is 6.18 Å². The van der Waals surface area contributed by atoms with Crippen molar-refractivity contribution in [2.45, 2.75) is 19.5 Å². The number of anilines is 2. The highest BCUT2D eigenvalue weighted by atomic mass is 19.4. The number of alkyl halides is 3. The number of rotatable bonds is 7. The third-order valence-electron chi connectivity index (χ3n) is 3.64. The molecule has 28 heavy (non-hydrogen) atoms. The Kier molecular flexibility index (Phi) is 7.11. The van der Waals surface area contributed by atoms with Gasteiger partial charge in [-0.2, -0.15) is 13.2 Å². The summed E-state index contributed by atoms with van der Waals surface area (Å²) in [6, 6.07) is 7.56. The first-order chi connectivity index (χ1) is 13.2. The summed E-state index contributed by atoms with van der Waals surface area (Å²) in [5, 5.41) is 4.52. The normalized spacial score (nSPS) is 11.2. The monoisotopic (exact) mass is 398 g/mol. The van der Waals surface area contributed by atoms with E-state index >= 15 is 0 Å². The Bertz CT molecular complexity index is 836. The smallest absolute Gasteiger partial charge is 0.381 e. The van der Waals surface area contributed by atoms with Gasteiger partial charge in [0.1, 0.15) is 5.82 Å². The first-order valence-corrected chi connectivity index (χ1v) is 8.36. The molecule has 2 rings (SSSR count). The third kappa shape index (κ3) is 6.05. The van der Waals surface area contributed by atoms with Gasteiger partial charge in [-0.3, -0.25) is 9.59 Å². The second kappa shape index (κ2) is 9.32. The average Bonchev–Trinajstić information content (AvgIpc) is 2.63. The van der Waals surface area contributed by atoms with Gasteiger partial charge in [0.25, 0.3) is 5.91 Å². The van der Waals surface area contributed by atoms with Crippen LogP contribution in [0.25, 0.3) is 0 Å². The molecule has 0 aromatic heterocycles. The Morgan fingerprint density at radius 2 is 1.71 bits per heavy atom. The van der Waals surface area contributed by atoms with Gasteiger partial charge in [0.15, 0.2) is 0 Å². The minimum atomic E-state index is -4.75. The number of halogens is 4. The number of nitrogens with one attached hydrogen (secondary N) is 2. The fourth-order valence-electron chi connectivity index (χ4n) is 2.29. The molecule has 0 aliphatic rings. The van der Waals surface area contributed by atoms with Crippen LogP contribution in [-0.2, 0) is 15.7 Å². The summed E-state index contributed by atoms with van der Waals surface area (Å²) in [4.78, 5) is 23.9. The zero-order valence-corrected chi connectivity index (χ0v) is 14.9. The fraction of sp³-hybridized carbons (Fsp3) is 0.263. The van der Waals surface area contributed by atoms with Crippen LogP contribution in [-0.4, -0.2) is 25.0 Å². The SMILES string of the molecule is CCOCCC(=O)Nc1ccc(NC(=O)c2ccc(F)cc2)cc1C(F)(F)F. The Balaban J connectivity index is 2.18. The van der Waals surface area contributed by atoms with Gasteiger partial charge in [-0.15, -0.1) is 0 Å². The van der Waals surface area contributed by atoms with E-state index in [4.69, 9.17) is 4.74 Å². The predicted octanol–water partition coefficient (Wildman–Crippen LogP) is 4.46. The van der Waals surface area contributed by atoms with Crippen LogP contribution in [0.5, 0.6) is 0 Å². The summed E-state index contributed by atoms with van der Waals surface area (Å²) in [5.74, 6) is -1.86. The van der Waals surface area contributed by atoms with Crippen molar-refractivity contribution in [3.63, 3.8) is 0 Å². The quantitative estimate of drug-likeness (QED) is 0.535. The lowest BCUT2D eigenvalue weighted by Crippen LogP contribution is -2.19. The molecular weight excluding hydrogens is 380 g/mol. The van der Waals surface area contributed by atoms with Crippen LogP contribution in [0.4, 0.5) is 28.9 Å². The van der Waals surface area contributed by atoms with E-state index in [1.54, 1.807) is 6.92 Å². The minimum Gasteiger partial charge on any atom is -0.381 e. The molecule has 0 unspecified atom stereocenters. The second-order valence-corrected chi connectivity index (χ2v) is 5.71. The molecule has 9 heteroatoms. The maximum atomic E-state index is 13.4. The van der Waals surface area contributed by atoms with Crippen molar-refractivity contribution in [2.75, 3.05) is 23.8 Å². The first-order valence-electron chi connectivity index (χ1n) is 8.36. The molecule has 0 saturated carbocycles. The van der Waals surface area contributed by atoms with Crippen LogP contribution in [0.2, 0.25) is 0 Å². The van der Waals surface area contributed by atoms with Crippen LogP contribution < -0.4 is 10.6 Å². The number of hydrogen-bond donors (Lipinski definition) is 2. The Morgan fingerprint density at radius 3 is 2.32 bits per heavy atom. The number of benzene rings is 2. The first kappa shape index (κ1) is 21.4. The molecule has 0 aliphatic heterocycles. The predicted molar refractivity (Wildman–Crippen MR) is 95.5 cm³/mol. The number of amides is 2. The van der Waals surface area contributed by atoms with E-state index in [-0.39, 0.29) is 24.3 Å². The molecule has 2 N–H and O–H groups in total. The molecule has 0 aliphatic carbocycles. The molecule has 0 bridgehead atoms. The van der Waals surface area contributed by atoms with Crippen molar-refractivity contribution < 1.29 is 31.9 Å². The Hall–Kier alpha value is -2.94. The van der Waals surface area contributed by atoms with Crippen LogP contribution in [0.15, 0.2) is 42.5 Å². The maximum Gasteiger partial charge on any atom is 0.418 e. The number of hydrogen-bond acceptors (Lipinski definition) is 3. The maximum absolute atomic E-state index is 13.4. The zero-order chi connectivity index (χ0) is 20.7. The van der Waals surface area contributed by atoms with E-state index in [1.807, 2.05) is 0 Å². The van der Waals surface area contributed by atoms with Crippen molar-refractivity contribution in [3.8, 4) is 0 Å². The van der Waals surface area contributed by atoms with Crippen molar-refractivity contribution in [2.24, 2.45) is 0 Å². The summed E-state index contributed by atoms with van der Waals surface area (Å²) in [6.07, 6.45) is -4.84. The molecule has 150 valence electrons. The molecule has 0 atom stereocenters. The minimum absolute atomic E-state index is 0.0864. The lowest BCUT2D eigenvalue weighted by Gasteiger charge is -2.16. The van der Waals surface area contributed by atoms with Crippen LogP contribution >= 0.6 is 0 Å². The highest BCUT2D eigenvalue weighted by Crippen LogP contribution is 2.36. The molecule has 2 amide bonds. The van der Waals surface area contributed by atoms with Crippen molar-refractivity contribution in [3.05, 3.63) is 59.4 Å². The van der Waals surface area contributed by atoms with Crippen molar-refractivity contribution in [1.29, 1.82) is 0 Å². The van der Waals surface area contributed by atoms with E-state index in [0.717, 1.165) is 24.3 Å². The number of carbonyl (C=O) groups excluding carboxylic acids is 2. The summed E-state index contributed by atoms with van der Waals surface area (Å²) >= 11 is 0. The van der Waals surface area contributed by atoms with Gasteiger partial charge < -0.3 is 15.4 Å². The molecule has 0 radical (unpaired) electrons. The van der Waals surface area contributed by atoms with Crippen molar-refractivity contribution in [1.82, 2.24) is 0 Å². The highest BCUT2D eigenvalue weighted by molar-refractivity contribution is 6.04. The lowest BCUT2D eigenvalue weighted by atomic mass is 10.1. The Morgan fingerprint density at radius 1 is 1.04 bits per heavy atom. The van der Waals surface area contributed by atoms with E-state index in [1.165, 1.54) is 18.2 Å². The lowest BCUT2D eigenvalue weighted by molar-refractivity contribution is -0.136. The zero-order valence-electron chi connectivity index (χ0n) is 14.9. The van der Waals surface area contributed by atoms with Gasteiger partial charge in [0, 0.05) is 17.9 Å². The van der Waals surface area contributed by atoms with Gasteiger partial charge in [-0.25, -0.2) is 4.39 Å². The Labute approximate surface area is 158 Å². The summed E-state index contributed by atoms with van der Waals surface area (Å²) in [7, 11) is 0. The average molecular weight is 398 g/mol. The molecule has 0 fully saturated rings. The highest BCUT2D eigenvalue weighted by Gasteiger charge is 2.34. The topological polar surface area (TPSA) is 67.4 Å². The molecule has 2 aromatic rings. The standard InChI is InChI=1S/C19H18F4N2O3/c1-2-28-10-9-17(26)25-16-8-7-14(11-15(16)19(21,22)23)24-18(27)12-3-5-13(20)6-4-12/h3-8,11H,2,9-10H2,1H3,(H,24,27)(H,25,26). The van der Waals surface area contributed by atoms with Crippen molar-refractivity contribution >= 4 is 23.2 Å². The summed E-state index contributed by atoms with van der Waals surface area (Å²) in [5.41, 5.74) is -1.56. The van der Waals surface area contributed by atoms with E-state index in [9.17, 15) is 27.2 Å². The van der Waals surface area contributed by atoms with E-state index in [0.29, 0.717) is 6.61 Å². The van der Waals surface area contributed by atoms with E-state index < -0.39 is 35.1 Å². The summed E-state index contributed by atoms with van der Waals surface area (Å²) < 4.78 is 58.0. The third-order valence-corrected chi connectivity index (χ3v) is 3.64. The molecule has 0 spiro atoms. The van der Waals surface area contributed by atoms with Gasteiger partial charge in [0.05, 0.1) is 24.3 Å².